The molecule has 1 aliphatic rings. The number of nitrogens with one attached hydrogen (secondary N) is 1. The van der Waals surface area contributed by atoms with Crippen LogP contribution in [0.4, 0.5) is 5.69 Å². The number of carbonyl (C=O) groups is 3. The van der Waals surface area contributed by atoms with Crippen LogP contribution < -0.4 is 11.2 Å². The quantitative estimate of drug-likeness (QED) is 0.463. The maximum atomic E-state index is 12.1. The molecule has 0 bridgehead atoms. The highest BCUT2D eigenvalue weighted by molar-refractivity contribution is 6.25. The van der Waals surface area contributed by atoms with Gasteiger partial charge in [0.25, 0.3) is 11.8 Å². The number of nitrogens with zero attached hydrogens (tertiary/aromatic N) is 1. The number of hydrazine groups is 1. The smallest absolute Gasteiger partial charge is 0.275 e. The second kappa shape index (κ2) is 4.14. The number of hydrogen-bond donors (Lipinski definition) is 2. The molecule has 0 saturated carbocycles. The number of amides is 3. The first kappa shape index (κ1) is 12.3. The van der Waals surface area contributed by atoms with Crippen molar-refractivity contribution in [3.8, 4) is 0 Å². The number of anilines is 1. The van der Waals surface area contributed by atoms with E-state index in [-0.39, 0.29) is 5.91 Å². The monoisotopic (exact) mass is 269 g/mol. The molecule has 6 heteroatoms. The highest BCUT2D eigenvalue weighted by atomic mass is 16.2. The molecule has 0 saturated heterocycles. The largest absolute Gasteiger partial charge is 0.326 e. The predicted molar refractivity (Wildman–Crippen MR) is 72.9 cm³/mol. The van der Waals surface area contributed by atoms with Gasteiger partial charge in [-0.3, -0.25) is 14.4 Å². The van der Waals surface area contributed by atoms with Gasteiger partial charge in [-0.1, -0.05) is 12.1 Å². The Bertz CT molecular complexity index is 783. The van der Waals surface area contributed by atoms with Crippen molar-refractivity contribution >= 4 is 34.2 Å². The summed E-state index contributed by atoms with van der Waals surface area (Å²) in [5, 5.41) is 4.49. The topological polar surface area (TPSA) is 92.5 Å². The van der Waals surface area contributed by atoms with Crippen LogP contribution in [0.5, 0.6) is 0 Å². The molecular formula is C14H11N3O3. The third-order valence-corrected chi connectivity index (χ3v) is 3.20. The van der Waals surface area contributed by atoms with Crippen molar-refractivity contribution in [3.63, 3.8) is 0 Å². The molecule has 0 fully saturated rings. The number of nitrogens with two attached hydrogens (primary N) is 1. The first-order valence-electron chi connectivity index (χ1n) is 5.97. The van der Waals surface area contributed by atoms with Gasteiger partial charge in [0.2, 0.25) is 5.91 Å². The average molecular weight is 269 g/mol. The summed E-state index contributed by atoms with van der Waals surface area (Å²) in [6, 6.07) is 8.36. The van der Waals surface area contributed by atoms with E-state index in [9.17, 15) is 14.4 Å². The predicted octanol–water partition coefficient (Wildman–Crippen LogP) is 1.27. The summed E-state index contributed by atoms with van der Waals surface area (Å²) in [6.45, 7) is 1.38. The number of benzene rings is 2. The Labute approximate surface area is 114 Å². The van der Waals surface area contributed by atoms with Crippen LogP contribution in [0.15, 0.2) is 30.3 Å². The van der Waals surface area contributed by atoms with Gasteiger partial charge in [0, 0.05) is 18.0 Å². The van der Waals surface area contributed by atoms with E-state index in [0.29, 0.717) is 32.6 Å². The molecule has 2 aromatic carbocycles. The van der Waals surface area contributed by atoms with E-state index in [1.54, 1.807) is 24.3 Å². The van der Waals surface area contributed by atoms with E-state index in [1.807, 2.05) is 0 Å². The van der Waals surface area contributed by atoms with Gasteiger partial charge in [0.1, 0.15) is 0 Å². The summed E-state index contributed by atoms with van der Waals surface area (Å²) in [7, 11) is 0. The van der Waals surface area contributed by atoms with Gasteiger partial charge in [0.05, 0.1) is 11.1 Å². The van der Waals surface area contributed by atoms with Crippen LogP contribution >= 0.6 is 0 Å². The molecule has 3 amide bonds. The lowest BCUT2D eigenvalue weighted by molar-refractivity contribution is -0.114. The van der Waals surface area contributed by atoms with Gasteiger partial charge >= 0.3 is 0 Å². The van der Waals surface area contributed by atoms with E-state index in [1.165, 1.54) is 13.0 Å². The van der Waals surface area contributed by atoms with E-state index >= 15 is 0 Å². The second-order valence-corrected chi connectivity index (χ2v) is 4.59. The van der Waals surface area contributed by atoms with E-state index in [0.717, 1.165) is 0 Å². The minimum absolute atomic E-state index is 0.239. The molecule has 0 aliphatic carbocycles. The van der Waals surface area contributed by atoms with E-state index in [4.69, 9.17) is 5.84 Å². The zero-order valence-electron chi connectivity index (χ0n) is 10.6. The number of imide groups is 1. The number of rotatable bonds is 1. The normalized spacial score (nSPS) is 13.8. The lowest BCUT2D eigenvalue weighted by atomic mass is 9.94. The van der Waals surface area contributed by atoms with Crippen LogP contribution in [0.1, 0.15) is 27.6 Å². The minimum atomic E-state index is -0.578. The van der Waals surface area contributed by atoms with Crippen LogP contribution in [-0.4, -0.2) is 22.7 Å². The van der Waals surface area contributed by atoms with Gasteiger partial charge in [-0.25, -0.2) is 10.9 Å². The Morgan fingerprint density at radius 2 is 1.85 bits per heavy atom. The number of carbonyl (C=O) groups excluding carboxylic acids is 3. The Hall–Kier alpha value is -2.73. The zero-order chi connectivity index (χ0) is 14.4. The maximum absolute atomic E-state index is 12.1. The minimum Gasteiger partial charge on any atom is -0.326 e. The Morgan fingerprint density at radius 1 is 1.15 bits per heavy atom. The van der Waals surface area contributed by atoms with Gasteiger partial charge < -0.3 is 5.32 Å². The molecule has 1 heterocycles. The molecule has 0 atom stereocenters. The van der Waals surface area contributed by atoms with Gasteiger partial charge in [0.15, 0.2) is 0 Å². The fraction of sp³-hybridized carbons (Fsp3) is 0.0714. The van der Waals surface area contributed by atoms with Gasteiger partial charge in [-0.2, -0.15) is 0 Å². The van der Waals surface area contributed by atoms with Crippen LogP contribution in [-0.2, 0) is 4.79 Å². The highest BCUT2D eigenvalue weighted by Gasteiger charge is 2.31. The summed E-state index contributed by atoms with van der Waals surface area (Å²) < 4.78 is 0. The second-order valence-electron chi connectivity index (χ2n) is 4.59. The van der Waals surface area contributed by atoms with Crippen LogP contribution in [0, 0.1) is 0 Å². The molecule has 3 N–H and O–H groups in total. The fourth-order valence-corrected chi connectivity index (χ4v) is 2.40. The zero-order valence-corrected chi connectivity index (χ0v) is 10.6. The third-order valence-electron chi connectivity index (χ3n) is 3.20. The third kappa shape index (κ3) is 1.66. The Balaban J connectivity index is 2.35. The molecule has 6 nitrogen and oxygen atoms in total. The van der Waals surface area contributed by atoms with Crippen molar-refractivity contribution < 1.29 is 14.4 Å². The molecule has 0 spiro atoms. The summed E-state index contributed by atoms with van der Waals surface area (Å²) in [6.07, 6.45) is 0. The molecule has 0 aromatic heterocycles. The summed E-state index contributed by atoms with van der Waals surface area (Å²) in [5.74, 6) is 4.17. The maximum Gasteiger partial charge on any atom is 0.275 e. The van der Waals surface area contributed by atoms with E-state index in [2.05, 4.69) is 5.32 Å². The Kier molecular flexibility index (Phi) is 2.55. The molecular weight excluding hydrogens is 258 g/mol. The molecule has 0 radical (unpaired) electrons. The number of hydrogen-bond acceptors (Lipinski definition) is 4. The van der Waals surface area contributed by atoms with Crippen molar-refractivity contribution in [2.45, 2.75) is 6.92 Å². The summed E-state index contributed by atoms with van der Waals surface area (Å²) in [4.78, 5) is 35.2. The van der Waals surface area contributed by atoms with Crippen LogP contribution in [0.25, 0.3) is 10.8 Å². The van der Waals surface area contributed by atoms with E-state index < -0.39 is 11.8 Å². The highest BCUT2D eigenvalue weighted by Crippen LogP contribution is 2.31. The SMILES string of the molecule is CC(=O)Nc1cc2c3c(cccc3c1)C(=O)N(N)C2=O. The first-order valence-corrected chi connectivity index (χ1v) is 5.97. The first-order chi connectivity index (χ1) is 9.49. The van der Waals surface area contributed by atoms with Crippen molar-refractivity contribution in [1.29, 1.82) is 0 Å². The van der Waals surface area contributed by atoms with Crippen molar-refractivity contribution in [2.24, 2.45) is 5.84 Å². The fourth-order valence-electron chi connectivity index (χ4n) is 2.40. The molecule has 0 unspecified atom stereocenters. The lowest BCUT2D eigenvalue weighted by Gasteiger charge is -2.23. The lowest BCUT2D eigenvalue weighted by Crippen LogP contribution is -2.45. The standard InChI is InChI=1S/C14H11N3O3/c1-7(18)16-9-5-8-3-2-4-10-12(8)11(6-9)14(20)17(15)13(10)19/h2-6H,15H2,1H3,(H,16,18). The van der Waals surface area contributed by atoms with Crippen molar-refractivity contribution in [3.05, 3.63) is 41.5 Å². The Morgan fingerprint density at radius 3 is 2.55 bits per heavy atom. The van der Waals surface area contributed by atoms with Crippen molar-refractivity contribution in [1.82, 2.24) is 5.01 Å². The molecule has 20 heavy (non-hydrogen) atoms. The van der Waals surface area contributed by atoms with Crippen molar-refractivity contribution in [2.75, 3.05) is 5.32 Å². The molecule has 100 valence electrons. The van der Waals surface area contributed by atoms with Gasteiger partial charge in [-0.15, -0.1) is 0 Å². The molecule has 1 aliphatic heterocycles. The molecule has 2 aromatic rings. The summed E-state index contributed by atoms with van der Waals surface area (Å²) in [5.41, 5.74) is 1.19. The van der Waals surface area contributed by atoms with Gasteiger partial charge in [-0.05, 0) is 23.6 Å². The van der Waals surface area contributed by atoms with Crippen LogP contribution in [0.3, 0.4) is 0 Å². The van der Waals surface area contributed by atoms with Crippen LogP contribution in [0.2, 0.25) is 0 Å². The molecule has 3 rings (SSSR count). The summed E-state index contributed by atoms with van der Waals surface area (Å²) >= 11 is 0. The average Bonchev–Trinajstić information content (AvgIpc) is 2.41.